The average Bonchev–Trinajstić information content (AvgIpc) is 2.97. The molecule has 0 unspecified atom stereocenters. The van der Waals surface area contributed by atoms with Crippen molar-refractivity contribution < 1.29 is 47.7 Å². The van der Waals surface area contributed by atoms with Gasteiger partial charge in [-0.25, -0.2) is 0 Å². The van der Waals surface area contributed by atoms with Crippen molar-refractivity contribution in [2.45, 2.75) is 139 Å². The van der Waals surface area contributed by atoms with E-state index in [0.29, 0.717) is 19.3 Å². The molecule has 0 heterocycles. The molecule has 11 atom stereocenters. The van der Waals surface area contributed by atoms with Gasteiger partial charge in [-0.2, -0.15) is 0 Å². The van der Waals surface area contributed by atoms with Crippen LogP contribution in [0.5, 0.6) is 0 Å². The number of fused-ring (bicyclic) bond motifs is 7. The molecule has 4 saturated carbocycles. The summed E-state index contributed by atoms with van der Waals surface area (Å²) in [5, 5.41) is 0. The molecule has 0 radical (unpaired) electrons. The summed E-state index contributed by atoms with van der Waals surface area (Å²) in [7, 11) is 1.43. The second kappa shape index (κ2) is 12.4. The van der Waals surface area contributed by atoms with Crippen molar-refractivity contribution in [3.05, 3.63) is 11.6 Å². The van der Waals surface area contributed by atoms with E-state index in [1.165, 1.54) is 40.4 Å². The standard InChI is InChI=1S/C39H58O10/c1-22(40)46-21-36(8)29-14-15-37(9)30(35(29,7)19-28(47-23(2)41)32(36)49-25(4)43)13-12-26-27-18-34(5,6)16-17-39(27,33(44)45-11)31(48-24(3)42)20-38(26,37)10/h12,27-32H,13-21H2,1-11H3/t27-,28-,29+,30+,31+,32-,35-,36-,37+,38+,39+/m0/s1. The minimum Gasteiger partial charge on any atom is -0.468 e. The van der Waals surface area contributed by atoms with Crippen molar-refractivity contribution >= 4 is 29.8 Å². The summed E-state index contributed by atoms with van der Waals surface area (Å²) in [6.45, 7) is 19.0. The largest absolute Gasteiger partial charge is 0.468 e. The van der Waals surface area contributed by atoms with Gasteiger partial charge >= 0.3 is 29.8 Å². The van der Waals surface area contributed by atoms with Crippen LogP contribution in [0.15, 0.2) is 11.6 Å². The van der Waals surface area contributed by atoms with Crippen LogP contribution in [-0.2, 0) is 47.7 Å². The third kappa shape index (κ3) is 5.71. The van der Waals surface area contributed by atoms with Gasteiger partial charge in [-0.05, 0) is 84.9 Å². The topological polar surface area (TPSA) is 132 Å². The lowest BCUT2D eigenvalue weighted by Crippen LogP contribution is -2.70. The first-order valence-corrected chi connectivity index (χ1v) is 18.1. The second-order valence-electron chi connectivity index (χ2n) is 17.7. The van der Waals surface area contributed by atoms with E-state index >= 15 is 0 Å². The number of esters is 5. The van der Waals surface area contributed by atoms with E-state index in [1.807, 2.05) is 6.92 Å². The van der Waals surface area contributed by atoms with Crippen molar-refractivity contribution in [2.75, 3.05) is 13.7 Å². The molecular weight excluding hydrogens is 628 g/mol. The Morgan fingerprint density at radius 2 is 1.39 bits per heavy atom. The van der Waals surface area contributed by atoms with Crippen LogP contribution < -0.4 is 0 Å². The fourth-order valence-corrected chi connectivity index (χ4v) is 12.3. The van der Waals surface area contributed by atoms with Crippen LogP contribution in [0.25, 0.3) is 0 Å². The number of rotatable bonds is 6. The molecule has 0 bridgehead atoms. The first-order chi connectivity index (χ1) is 22.6. The number of ether oxygens (including phenoxy) is 5. The number of carbonyl (C=O) groups excluding carboxylic acids is 5. The van der Waals surface area contributed by atoms with Crippen molar-refractivity contribution in [1.82, 2.24) is 0 Å². The number of methoxy groups -OCH3 is 1. The predicted molar refractivity (Wildman–Crippen MR) is 179 cm³/mol. The lowest BCUT2D eigenvalue weighted by molar-refractivity contribution is -0.259. The van der Waals surface area contributed by atoms with Gasteiger partial charge in [0.05, 0.1) is 7.11 Å². The smallest absolute Gasteiger partial charge is 0.316 e. The molecule has 0 aromatic rings. The lowest BCUT2D eigenvalue weighted by atomic mass is 9.33. The van der Waals surface area contributed by atoms with Gasteiger partial charge in [0.15, 0.2) is 0 Å². The van der Waals surface area contributed by atoms with E-state index in [1.54, 1.807) is 0 Å². The zero-order valence-electron chi connectivity index (χ0n) is 31.5. The Bertz CT molecular complexity index is 1430. The Balaban J connectivity index is 1.68. The van der Waals surface area contributed by atoms with Gasteiger partial charge in [0.2, 0.25) is 0 Å². The second-order valence-corrected chi connectivity index (χ2v) is 17.7. The normalized spacial score (nSPS) is 43.5. The third-order valence-electron chi connectivity index (χ3n) is 14.4. The first kappa shape index (κ1) is 37.3. The molecule has 0 aromatic carbocycles. The van der Waals surface area contributed by atoms with Gasteiger partial charge in [0.25, 0.3) is 0 Å². The zero-order chi connectivity index (χ0) is 36.5. The maximum atomic E-state index is 14.0. The molecule has 10 nitrogen and oxygen atoms in total. The van der Waals surface area contributed by atoms with Crippen molar-refractivity contribution in [3.8, 4) is 0 Å². The Kier molecular flexibility index (Phi) is 9.45. The number of hydrogen-bond acceptors (Lipinski definition) is 10. The molecule has 0 aromatic heterocycles. The van der Waals surface area contributed by atoms with Crippen molar-refractivity contribution in [1.29, 1.82) is 0 Å². The fraction of sp³-hybridized carbons (Fsp3) is 0.821. The minimum atomic E-state index is -0.962. The van der Waals surface area contributed by atoms with Crippen LogP contribution in [-0.4, -0.2) is 61.9 Å². The highest BCUT2D eigenvalue weighted by molar-refractivity contribution is 5.80. The monoisotopic (exact) mass is 686 g/mol. The molecule has 10 heteroatoms. The summed E-state index contributed by atoms with van der Waals surface area (Å²) in [5.41, 5.74) is -1.72. The summed E-state index contributed by atoms with van der Waals surface area (Å²) in [4.78, 5) is 64.0. The highest BCUT2D eigenvalue weighted by atomic mass is 16.6. The molecular formula is C39H58O10. The number of hydrogen-bond donors (Lipinski definition) is 0. The quantitative estimate of drug-likeness (QED) is 0.173. The summed E-state index contributed by atoms with van der Waals surface area (Å²) >= 11 is 0. The summed E-state index contributed by atoms with van der Waals surface area (Å²) in [6, 6.07) is 0. The van der Waals surface area contributed by atoms with E-state index in [9.17, 15) is 24.0 Å². The summed E-state index contributed by atoms with van der Waals surface area (Å²) in [6.07, 6.45) is 5.65. The van der Waals surface area contributed by atoms with Gasteiger partial charge in [-0.15, -0.1) is 0 Å². The zero-order valence-corrected chi connectivity index (χ0v) is 31.5. The Morgan fingerprint density at radius 3 is 1.96 bits per heavy atom. The fourth-order valence-electron chi connectivity index (χ4n) is 12.3. The van der Waals surface area contributed by atoms with Gasteiger partial charge in [-0.1, -0.05) is 53.2 Å². The Morgan fingerprint density at radius 1 is 0.755 bits per heavy atom. The molecule has 0 spiro atoms. The van der Waals surface area contributed by atoms with Crippen molar-refractivity contribution in [2.24, 2.45) is 50.2 Å². The van der Waals surface area contributed by atoms with Gasteiger partial charge in [0.1, 0.15) is 30.3 Å². The summed E-state index contributed by atoms with van der Waals surface area (Å²) < 4.78 is 29.4. The molecule has 0 aliphatic heterocycles. The minimum absolute atomic E-state index is 0.0195. The molecule has 5 aliphatic carbocycles. The highest BCUT2D eigenvalue weighted by Crippen LogP contribution is 2.76. The van der Waals surface area contributed by atoms with Crippen LogP contribution in [0.4, 0.5) is 0 Å². The third-order valence-corrected chi connectivity index (χ3v) is 14.4. The molecule has 0 N–H and O–H groups in total. The average molecular weight is 687 g/mol. The van der Waals surface area contributed by atoms with Gasteiger partial charge in [-0.3, -0.25) is 24.0 Å². The first-order valence-electron chi connectivity index (χ1n) is 18.1. The van der Waals surface area contributed by atoms with Gasteiger partial charge < -0.3 is 23.7 Å². The molecule has 5 rings (SSSR count). The van der Waals surface area contributed by atoms with Crippen molar-refractivity contribution in [3.63, 3.8) is 0 Å². The maximum Gasteiger partial charge on any atom is 0.316 e. The maximum absolute atomic E-state index is 14.0. The summed E-state index contributed by atoms with van der Waals surface area (Å²) in [5.74, 6) is -2.20. The highest BCUT2D eigenvalue weighted by Gasteiger charge is 2.74. The molecule has 5 aliphatic rings. The predicted octanol–water partition coefficient (Wildman–Crippen LogP) is 6.52. The van der Waals surface area contributed by atoms with E-state index in [4.69, 9.17) is 23.7 Å². The lowest BCUT2D eigenvalue weighted by Gasteiger charge is -2.72. The molecule has 49 heavy (non-hydrogen) atoms. The van der Waals surface area contributed by atoms with Crippen LogP contribution in [0.3, 0.4) is 0 Å². The number of allylic oxidation sites excluding steroid dienone is 2. The molecule has 274 valence electrons. The van der Waals surface area contributed by atoms with E-state index in [-0.39, 0.29) is 41.2 Å². The SMILES string of the molecule is COC(=O)[C@]12CCC(C)(C)C[C@H]1C1=CC[C@@H]3[C@@]4(C)C[C@H](OC(C)=O)[C@H](OC(C)=O)[C@@](C)(COC(C)=O)[C@@H]4CC[C@@]3(C)[C@]1(C)C[C@H]2OC(C)=O. The molecule has 4 fully saturated rings. The van der Waals surface area contributed by atoms with E-state index in [0.717, 1.165) is 32.1 Å². The molecule has 0 amide bonds. The van der Waals surface area contributed by atoms with Crippen LogP contribution in [0, 0.1) is 50.2 Å². The van der Waals surface area contributed by atoms with Crippen LogP contribution in [0.2, 0.25) is 0 Å². The Hall–Kier alpha value is -2.91. The van der Waals surface area contributed by atoms with E-state index < -0.39 is 63.8 Å². The molecule has 0 saturated heterocycles. The Labute approximate surface area is 291 Å². The van der Waals surface area contributed by atoms with Crippen LogP contribution >= 0.6 is 0 Å². The van der Waals surface area contributed by atoms with E-state index in [2.05, 4.69) is 40.7 Å². The van der Waals surface area contributed by atoms with Gasteiger partial charge in [0, 0.05) is 39.0 Å². The van der Waals surface area contributed by atoms with Crippen LogP contribution in [0.1, 0.15) is 121 Å². The number of carbonyl (C=O) groups is 5.